The van der Waals surface area contributed by atoms with Gasteiger partial charge in [-0.05, 0) is 11.6 Å². The summed E-state index contributed by atoms with van der Waals surface area (Å²) in [5.41, 5.74) is 11.7. The van der Waals surface area contributed by atoms with Gasteiger partial charge >= 0.3 is 5.97 Å². The molecule has 0 saturated carbocycles. The lowest BCUT2D eigenvalue weighted by Crippen LogP contribution is -2.54. The van der Waals surface area contributed by atoms with Crippen LogP contribution in [0.1, 0.15) is 12.0 Å². The van der Waals surface area contributed by atoms with Crippen molar-refractivity contribution in [1.82, 2.24) is 20.9 Å². The first-order valence-corrected chi connectivity index (χ1v) is 9.33. The largest absolute Gasteiger partial charge is 0.480 e. The Kier molecular flexibility index (Phi) is 8.09. The molecule has 0 fully saturated rings. The first-order valence-electron chi connectivity index (χ1n) is 9.33. The van der Waals surface area contributed by atoms with Crippen molar-refractivity contribution in [3.63, 3.8) is 0 Å². The van der Waals surface area contributed by atoms with Crippen LogP contribution in [-0.4, -0.2) is 64.9 Å². The molecular weight excluding hydrogens is 408 g/mol. The van der Waals surface area contributed by atoms with E-state index in [2.05, 4.69) is 20.9 Å². The molecule has 1 heterocycles. The molecule has 0 aliphatic carbocycles. The van der Waals surface area contributed by atoms with Gasteiger partial charge in [-0.2, -0.15) is 0 Å². The van der Waals surface area contributed by atoms with Crippen molar-refractivity contribution in [2.45, 2.75) is 24.9 Å². The van der Waals surface area contributed by atoms with Gasteiger partial charge in [0.05, 0.1) is 19.5 Å². The number of hydrogen-bond acceptors (Lipinski definition) is 6. The summed E-state index contributed by atoms with van der Waals surface area (Å²) in [6.07, 6.45) is 1.09. The Morgan fingerprint density at radius 1 is 1.03 bits per heavy atom. The number of H-pyrrole nitrogens is 1. The number of carbonyl (C=O) groups is 5. The number of aromatic nitrogens is 1. The number of primary amides is 1. The third-order valence-corrected chi connectivity index (χ3v) is 4.40. The molecule has 1 aromatic heterocycles. The van der Waals surface area contributed by atoms with Crippen LogP contribution in [0.15, 0.2) is 30.5 Å². The number of amides is 4. The summed E-state index contributed by atoms with van der Waals surface area (Å²) in [6, 6.07) is 4.56. The zero-order chi connectivity index (χ0) is 23.0. The number of rotatable bonds is 11. The van der Waals surface area contributed by atoms with Gasteiger partial charge in [-0.15, -0.1) is 0 Å². The number of nitrogens with one attached hydrogen (secondary N) is 4. The summed E-state index contributed by atoms with van der Waals surface area (Å²) in [5, 5.41) is 17.0. The molecule has 31 heavy (non-hydrogen) atoms. The number of carbonyl (C=O) groups excluding carboxylic acids is 4. The molecule has 166 valence electrons. The zero-order valence-corrected chi connectivity index (χ0v) is 16.5. The zero-order valence-electron chi connectivity index (χ0n) is 16.5. The van der Waals surface area contributed by atoms with E-state index in [9.17, 15) is 29.1 Å². The number of carboxylic acids is 1. The number of hydrogen-bond donors (Lipinski definition) is 7. The molecule has 0 aliphatic rings. The Bertz CT molecular complexity index is 987. The van der Waals surface area contributed by atoms with E-state index in [0.717, 1.165) is 10.9 Å². The van der Waals surface area contributed by atoms with Crippen molar-refractivity contribution >= 4 is 40.5 Å². The molecule has 0 bridgehead atoms. The van der Waals surface area contributed by atoms with Crippen LogP contribution >= 0.6 is 0 Å². The van der Waals surface area contributed by atoms with Crippen LogP contribution in [-0.2, 0) is 30.4 Å². The first-order chi connectivity index (χ1) is 14.7. The summed E-state index contributed by atoms with van der Waals surface area (Å²) in [7, 11) is 0. The van der Waals surface area contributed by atoms with E-state index in [0.29, 0.717) is 5.56 Å². The molecule has 0 saturated heterocycles. The standard InChI is InChI=1S/C19H24N6O6/c20-7-16(27)23-9-17(28)24-13(18(29)25-14(19(30)31)6-15(21)26)5-10-8-22-12-4-2-1-3-11(10)12/h1-4,8,13-14,22H,5-7,9,20H2,(H2,21,26)(H,23,27)(H,24,28)(H,25,29)(H,30,31). The second kappa shape index (κ2) is 10.7. The molecule has 2 rings (SSSR count). The van der Waals surface area contributed by atoms with Crippen LogP contribution in [0.25, 0.3) is 10.9 Å². The lowest BCUT2D eigenvalue weighted by molar-refractivity contribution is -0.143. The molecule has 2 aromatic rings. The second-order valence-electron chi connectivity index (χ2n) is 6.73. The molecule has 4 amide bonds. The maximum atomic E-state index is 12.8. The molecule has 0 aliphatic heterocycles. The van der Waals surface area contributed by atoms with Gasteiger partial charge in [0.1, 0.15) is 12.1 Å². The highest BCUT2D eigenvalue weighted by Crippen LogP contribution is 2.19. The molecule has 12 heteroatoms. The highest BCUT2D eigenvalue weighted by atomic mass is 16.4. The Balaban J connectivity index is 2.20. The van der Waals surface area contributed by atoms with Crippen LogP contribution in [0.3, 0.4) is 0 Å². The molecule has 2 unspecified atom stereocenters. The predicted molar refractivity (Wildman–Crippen MR) is 109 cm³/mol. The maximum absolute atomic E-state index is 12.8. The van der Waals surface area contributed by atoms with E-state index in [4.69, 9.17) is 11.5 Å². The van der Waals surface area contributed by atoms with Crippen molar-refractivity contribution in [2.75, 3.05) is 13.1 Å². The van der Waals surface area contributed by atoms with Crippen molar-refractivity contribution in [3.05, 3.63) is 36.0 Å². The van der Waals surface area contributed by atoms with Crippen LogP contribution in [0.4, 0.5) is 0 Å². The minimum absolute atomic E-state index is 0.0231. The van der Waals surface area contributed by atoms with Crippen molar-refractivity contribution in [2.24, 2.45) is 11.5 Å². The van der Waals surface area contributed by atoms with E-state index in [-0.39, 0.29) is 13.0 Å². The number of benzene rings is 1. The Hall–Kier alpha value is -3.93. The smallest absolute Gasteiger partial charge is 0.326 e. The fourth-order valence-electron chi connectivity index (χ4n) is 2.90. The monoisotopic (exact) mass is 432 g/mol. The Morgan fingerprint density at radius 2 is 1.74 bits per heavy atom. The summed E-state index contributed by atoms with van der Waals surface area (Å²) >= 11 is 0. The second-order valence-corrected chi connectivity index (χ2v) is 6.73. The normalized spacial score (nSPS) is 12.5. The lowest BCUT2D eigenvalue weighted by Gasteiger charge is -2.21. The van der Waals surface area contributed by atoms with Gasteiger partial charge in [-0.1, -0.05) is 18.2 Å². The summed E-state index contributed by atoms with van der Waals surface area (Å²) in [5.74, 6) is -4.41. The summed E-state index contributed by atoms with van der Waals surface area (Å²) in [6.45, 7) is -0.725. The van der Waals surface area contributed by atoms with E-state index >= 15 is 0 Å². The quantitative estimate of drug-likeness (QED) is 0.206. The topological polar surface area (TPSA) is 209 Å². The summed E-state index contributed by atoms with van der Waals surface area (Å²) in [4.78, 5) is 61.7. The average Bonchev–Trinajstić information content (AvgIpc) is 3.13. The summed E-state index contributed by atoms with van der Waals surface area (Å²) < 4.78 is 0. The lowest BCUT2D eigenvalue weighted by atomic mass is 10.0. The average molecular weight is 432 g/mol. The SMILES string of the molecule is NCC(=O)NCC(=O)NC(Cc1c[nH]c2ccccc12)C(=O)NC(CC(N)=O)C(=O)O. The van der Waals surface area contributed by atoms with Crippen LogP contribution in [0, 0.1) is 0 Å². The third kappa shape index (κ3) is 6.82. The fourth-order valence-corrected chi connectivity index (χ4v) is 2.90. The van der Waals surface area contributed by atoms with Gasteiger partial charge in [0.2, 0.25) is 23.6 Å². The van der Waals surface area contributed by atoms with Crippen molar-refractivity contribution < 1.29 is 29.1 Å². The van der Waals surface area contributed by atoms with Gasteiger partial charge in [-0.3, -0.25) is 19.2 Å². The first kappa shape index (κ1) is 23.3. The molecule has 0 spiro atoms. The predicted octanol–water partition coefficient (Wildman–Crippen LogP) is -2.29. The molecular formula is C19H24N6O6. The van der Waals surface area contributed by atoms with Crippen LogP contribution in [0.5, 0.6) is 0 Å². The number of aromatic amines is 1. The third-order valence-electron chi connectivity index (χ3n) is 4.40. The molecule has 0 radical (unpaired) electrons. The maximum Gasteiger partial charge on any atom is 0.326 e. The Labute approximate surface area is 176 Å². The van der Waals surface area contributed by atoms with Crippen LogP contribution in [0.2, 0.25) is 0 Å². The van der Waals surface area contributed by atoms with Gasteiger partial charge < -0.3 is 37.5 Å². The number of nitrogens with two attached hydrogens (primary N) is 2. The number of carboxylic acid groups (broad SMARTS) is 1. The fraction of sp³-hybridized carbons (Fsp3) is 0.316. The number of para-hydroxylation sites is 1. The van der Waals surface area contributed by atoms with E-state index in [1.54, 1.807) is 6.20 Å². The van der Waals surface area contributed by atoms with Gasteiger partial charge in [0, 0.05) is 23.5 Å². The molecule has 2 atom stereocenters. The highest BCUT2D eigenvalue weighted by molar-refractivity contribution is 5.94. The van der Waals surface area contributed by atoms with E-state index < -0.39 is 54.6 Å². The van der Waals surface area contributed by atoms with Crippen LogP contribution < -0.4 is 27.4 Å². The van der Waals surface area contributed by atoms with Gasteiger partial charge in [0.15, 0.2) is 0 Å². The molecule has 9 N–H and O–H groups in total. The Morgan fingerprint density at radius 3 is 2.39 bits per heavy atom. The van der Waals surface area contributed by atoms with Crippen molar-refractivity contribution in [3.8, 4) is 0 Å². The van der Waals surface area contributed by atoms with E-state index in [1.807, 2.05) is 24.3 Å². The minimum atomic E-state index is -1.55. The molecule has 12 nitrogen and oxygen atoms in total. The minimum Gasteiger partial charge on any atom is -0.480 e. The van der Waals surface area contributed by atoms with E-state index in [1.165, 1.54) is 0 Å². The van der Waals surface area contributed by atoms with Crippen molar-refractivity contribution in [1.29, 1.82) is 0 Å². The number of fused-ring (bicyclic) bond motifs is 1. The highest BCUT2D eigenvalue weighted by Gasteiger charge is 2.28. The van der Waals surface area contributed by atoms with Gasteiger partial charge in [-0.25, -0.2) is 4.79 Å². The number of aliphatic carboxylic acids is 1. The van der Waals surface area contributed by atoms with Gasteiger partial charge in [0.25, 0.3) is 0 Å². The molecule has 1 aromatic carbocycles.